The van der Waals surface area contributed by atoms with E-state index in [1.54, 1.807) is 198 Å². The maximum atomic E-state index is 13.2. The lowest BCUT2D eigenvalue weighted by atomic mass is 10.2. The van der Waals surface area contributed by atoms with Crippen molar-refractivity contribution in [2.45, 2.75) is 350 Å². The second-order valence-corrected chi connectivity index (χ2v) is 80.3. The number of halogens is 8. The molecule has 0 spiro atoms. The molecule has 0 aliphatic carbocycles. The van der Waals surface area contributed by atoms with Crippen LogP contribution in [0.5, 0.6) is 0 Å². The molecular weight excluding hydrogens is 2610 g/mol. The molecule has 14 rings (SSSR count). The second kappa shape index (κ2) is 48.8. The quantitative estimate of drug-likeness (QED) is 0.0148. The third-order valence-corrected chi connectivity index (χ3v) is 62.2. The van der Waals surface area contributed by atoms with Crippen molar-refractivity contribution in [1.82, 2.24) is 120 Å². The molecule has 6 aliphatic heterocycles. The van der Waals surface area contributed by atoms with E-state index in [-0.39, 0.29) is 205 Å². The van der Waals surface area contributed by atoms with Gasteiger partial charge in [0.1, 0.15) is 133 Å². The maximum Gasteiger partial charge on any atom is 0.478 e. The van der Waals surface area contributed by atoms with E-state index in [2.05, 4.69) is 210 Å². The molecule has 8 aromatic heterocycles. The molecule has 0 radical (unpaired) electrons. The Labute approximate surface area is 928 Å². The fraction of sp³-hybridized carbons (Fsp3) is 0.700. The van der Waals surface area contributed by atoms with E-state index in [0.29, 0.717) is 45.6 Å². The Morgan fingerprint density at radius 2 is 0.297 bits per heavy atom. The first-order valence-corrected chi connectivity index (χ1v) is 69.3. The third-order valence-electron chi connectivity index (χ3n) is 22.1. The Bertz CT molecular complexity index is 4810. The highest BCUT2D eigenvalue weighted by molar-refractivity contribution is 9.11. The Hall–Kier alpha value is -6.02. The second-order valence-electron chi connectivity index (χ2n) is 39.7. The Balaban J connectivity index is 1.03. The maximum absolute atomic E-state index is 13.2. The Kier molecular flexibility index (Phi) is 39.2. The topological polar surface area (TPSA) is 567 Å². The minimum atomic E-state index is -5.16. The van der Waals surface area contributed by atoms with Crippen LogP contribution in [-0.2, 0) is 231 Å². The number of carbonyl (C=O) groups excluding carboxylic acids is 8. The van der Waals surface area contributed by atoms with Gasteiger partial charge >= 0.3 is 118 Å². The van der Waals surface area contributed by atoms with Crippen molar-refractivity contribution < 1.29 is 126 Å². The van der Waals surface area contributed by atoms with Gasteiger partial charge in [-0.05, 0) is 162 Å². The van der Waals surface area contributed by atoms with Crippen LogP contribution < -0.4 is 0 Å². The average Bonchev–Trinajstić information content (AvgIpc) is 0.789. The number of carbonyl (C=O) groups is 8. The monoisotopic (exact) mass is 2720 g/mol. The van der Waals surface area contributed by atoms with E-state index in [1.165, 1.54) is 0 Å². The van der Waals surface area contributed by atoms with Crippen molar-refractivity contribution in [2.24, 2.45) is 0 Å². The minimum Gasteiger partial charge on any atom is -0.458 e. The van der Waals surface area contributed by atoms with Gasteiger partial charge in [-0.25, -0.2) is 0 Å². The SMILES string of the molecule is CC(C)(Br)C(=O)OCc1cn(CCC[Si]23O[Si]4(CCCn5cc(COC(=O)C(C)(C)Br)nn5)O[Si]5(CCCn6cc(COC(=O)C(C)(C)Br)nn6)O[Si](CCCn6cc(COC(=O)C(C)(C)Br)nn6)(O2)O[Si]2(CCCn6cc(COC(=O)C(C)(C)Br)nn6)O[Si](CCCn6cc(COC(=O)C(C)(C)Br)nn6)(O3)O[Si](CCCn3cc(COC(=O)C(C)(C)Br)nn3)(O4)O[Si](CCCn3cc(COC(=O)C(C)(C)Br)nn3)(O5)O2)nn1. The van der Waals surface area contributed by atoms with Crippen molar-refractivity contribution >= 4 is 246 Å². The summed E-state index contributed by atoms with van der Waals surface area (Å²) in [4.78, 5) is 106. The summed E-state index contributed by atoms with van der Waals surface area (Å²) in [5, 5.41) is 71.6. The number of hydrogen-bond donors (Lipinski definition) is 0. The van der Waals surface area contributed by atoms with Gasteiger partial charge in [0.25, 0.3) is 0 Å². The van der Waals surface area contributed by atoms with Gasteiger partial charge in [0.2, 0.25) is 0 Å². The molecule has 816 valence electrons. The van der Waals surface area contributed by atoms with E-state index in [9.17, 15) is 38.4 Å². The normalized spacial score (nSPS) is 22.8. The number of ether oxygens (including phenoxy) is 8. The lowest BCUT2D eigenvalue weighted by Crippen LogP contribution is -2.88. The van der Waals surface area contributed by atoms with E-state index < -0.39 is 153 Å². The fourth-order valence-corrected chi connectivity index (χ4v) is 66.0. The van der Waals surface area contributed by atoms with Crippen LogP contribution in [0.15, 0.2) is 49.6 Å². The first-order valence-electron chi connectivity index (χ1n) is 47.5. The molecule has 14 heterocycles. The van der Waals surface area contributed by atoms with E-state index in [0.717, 1.165) is 0 Å². The number of aryl methyl sites for hydroxylation is 8. The van der Waals surface area contributed by atoms with Crippen LogP contribution in [0, 0.1) is 0 Å². The van der Waals surface area contributed by atoms with Crippen molar-refractivity contribution in [2.75, 3.05) is 0 Å². The van der Waals surface area contributed by atoms with Gasteiger partial charge < -0.3 is 87.3 Å². The molecule has 0 atom stereocenters. The molecule has 6 fully saturated rings. The number of esters is 8. The van der Waals surface area contributed by atoms with Gasteiger partial charge in [-0.2, -0.15) is 0 Å². The van der Waals surface area contributed by atoms with Gasteiger partial charge in [0, 0.05) is 101 Å². The average molecular weight is 2730 g/mol. The van der Waals surface area contributed by atoms with Gasteiger partial charge in [0.05, 0.1) is 49.6 Å². The first-order chi connectivity index (χ1) is 69.1. The van der Waals surface area contributed by atoms with Crippen LogP contribution >= 0.6 is 127 Å². The molecule has 8 bridgehead atoms. The summed E-state index contributed by atoms with van der Waals surface area (Å²) in [6.07, 6.45) is 13.7. The molecule has 68 heteroatoms. The molecule has 8 aromatic rings. The molecular formula is C80H120Br8N24O28Si8. The summed E-state index contributed by atoms with van der Waals surface area (Å²) in [7, 11) is -41.3. The van der Waals surface area contributed by atoms with Gasteiger partial charge in [-0.15, -0.1) is 40.8 Å². The van der Waals surface area contributed by atoms with Crippen LogP contribution in [0.3, 0.4) is 0 Å². The molecule has 0 N–H and O–H groups in total. The Morgan fingerprint density at radius 1 is 0.203 bits per heavy atom. The number of aromatic nitrogens is 24. The lowest BCUT2D eigenvalue weighted by Gasteiger charge is -2.63. The molecule has 52 nitrogen and oxygen atoms in total. The number of rotatable bonds is 56. The smallest absolute Gasteiger partial charge is 0.458 e. The van der Waals surface area contributed by atoms with E-state index in [1.807, 2.05) is 0 Å². The zero-order chi connectivity index (χ0) is 108. The molecule has 148 heavy (non-hydrogen) atoms. The highest BCUT2D eigenvalue weighted by Crippen LogP contribution is 2.56. The first kappa shape index (κ1) is 119. The van der Waals surface area contributed by atoms with Crippen LogP contribution in [0.25, 0.3) is 0 Å². The van der Waals surface area contributed by atoms with Gasteiger partial charge in [-0.3, -0.25) is 75.8 Å². The van der Waals surface area contributed by atoms with Crippen molar-refractivity contribution in [3.05, 3.63) is 95.1 Å². The molecule has 6 aliphatic rings. The molecule has 6 saturated heterocycles. The summed E-state index contributed by atoms with van der Waals surface area (Å²) in [6, 6.07) is -1.38. The predicted octanol–water partition coefficient (Wildman–Crippen LogP) is 11.0. The summed E-state index contributed by atoms with van der Waals surface area (Å²) in [6.45, 7) is 25.1. The van der Waals surface area contributed by atoms with Crippen molar-refractivity contribution in [3.8, 4) is 0 Å². The molecule has 0 amide bonds. The van der Waals surface area contributed by atoms with Crippen molar-refractivity contribution in [3.63, 3.8) is 0 Å². The van der Waals surface area contributed by atoms with Gasteiger partial charge in [-0.1, -0.05) is 169 Å². The molecule has 0 saturated carbocycles. The number of alkyl halides is 8. The third kappa shape index (κ3) is 34.0. The minimum absolute atomic E-state index is 0.0604. The van der Waals surface area contributed by atoms with Crippen LogP contribution in [-0.4, -0.2) is 273 Å². The standard InChI is InChI=1S/C80H120Br8N24O28Si8/c1-73(2,81)65(113)121-49-57-41-105(97-89-57)25-17-33-141-129-142(34-18-26-106-42-58(90-98-106)50-122-66(114)74(3,4)82)132-145(37-21-29-109-45-61(93-101-109)53-125-69(117)77(9,10)85)134-143(130-141,35-19-27-107-43-59(91-99-107)51-123-67(115)75(5,6)83)136-147(39-23-31-111-47-63(95-103-111)55-127-71(119)79(13,14)87)137-144(131-141,36-20-28-108-44-60(92-100-108)52-124-68(116)76(7,8)84)135-146(133-142,38-22-30-110-46-62(94-102-110)54-126-70(118)78(11,12)86)139-148(138-145,140-147)40-24-32-112-48-64(96-104-112)56-128-72(120)80(15,16)88/h41-48H,17-40,49-56H2,1-16H3. The summed E-state index contributed by atoms with van der Waals surface area (Å²) in [5.41, 5.74) is 2.50. The van der Waals surface area contributed by atoms with Gasteiger partial charge in [0.15, 0.2) is 0 Å². The van der Waals surface area contributed by atoms with E-state index >= 15 is 0 Å². The number of hydrogen-bond acceptors (Lipinski definition) is 44. The lowest BCUT2D eigenvalue weighted by molar-refractivity contribution is -0.147. The van der Waals surface area contributed by atoms with Crippen molar-refractivity contribution in [1.29, 1.82) is 0 Å². The van der Waals surface area contributed by atoms with Crippen LogP contribution in [0.1, 0.15) is 208 Å². The zero-order valence-electron chi connectivity index (χ0n) is 84.4. The molecule has 0 aromatic carbocycles. The largest absolute Gasteiger partial charge is 0.478 e. The summed E-state index contributed by atoms with van der Waals surface area (Å²) in [5.74, 6) is -4.40. The summed E-state index contributed by atoms with van der Waals surface area (Å²) < 4.78 is 151. The fourth-order valence-electron chi connectivity index (χ4n) is 14.8. The number of nitrogens with zero attached hydrogens (tertiary/aromatic N) is 24. The van der Waals surface area contributed by atoms with Crippen LogP contribution in [0.4, 0.5) is 0 Å². The highest BCUT2D eigenvalue weighted by Gasteiger charge is 2.83. The zero-order valence-corrected chi connectivity index (χ0v) is 105. The van der Waals surface area contributed by atoms with E-state index in [4.69, 9.17) is 87.3 Å². The summed E-state index contributed by atoms with van der Waals surface area (Å²) >= 11 is 27.2. The van der Waals surface area contributed by atoms with Crippen LogP contribution in [0.2, 0.25) is 48.4 Å². The molecule has 0 unspecified atom stereocenters. The predicted molar refractivity (Wildman–Crippen MR) is 557 cm³/mol. The highest BCUT2D eigenvalue weighted by atomic mass is 79.9. The Morgan fingerprint density at radius 3 is 0.385 bits per heavy atom.